The van der Waals surface area contributed by atoms with E-state index in [0.29, 0.717) is 33.3 Å². The molecule has 0 saturated carbocycles. The standard InChI is InChI=1S/C26H17Cl2N5O2/c27-17-5-9-20(21(28)12-17)26(35)31-19-8-10-22-23(13-19)33-24(32-22)15-3-6-18(7-4-15)30-25(34)16-2-1-11-29-14-16/h1-14H,(H,30,34)(H,31,35)(H,32,33). The van der Waals surface area contributed by atoms with E-state index in [9.17, 15) is 9.59 Å². The van der Waals surface area contributed by atoms with Gasteiger partial charge in [-0.3, -0.25) is 14.6 Å². The maximum atomic E-state index is 12.6. The van der Waals surface area contributed by atoms with Crippen LogP contribution in [0.1, 0.15) is 20.7 Å². The summed E-state index contributed by atoms with van der Waals surface area (Å²) in [6, 6.07) is 20.9. The predicted molar refractivity (Wildman–Crippen MR) is 138 cm³/mol. The molecule has 0 saturated heterocycles. The van der Waals surface area contributed by atoms with Crippen LogP contribution in [0.15, 0.2) is 85.2 Å². The van der Waals surface area contributed by atoms with Gasteiger partial charge in [0.1, 0.15) is 5.82 Å². The molecule has 0 fully saturated rings. The molecule has 9 heteroatoms. The van der Waals surface area contributed by atoms with E-state index in [-0.39, 0.29) is 16.8 Å². The van der Waals surface area contributed by atoms with Crippen molar-refractivity contribution in [3.63, 3.8) is 0 Å². The van der Waals surface area contributed by atoms with E-state index < -0.39 is 0 Å². The lowest BCUT2D eigenvalue weighted by Crippen LogP contribution is -2.12. The molecule has 5 rings (SSSR count). The smallest absolute Gasteiger partial charge is 0.257 e. The van der Waals surface area contributed by atoms with E-state index in [1.807, 2.05) is 18.2 Å². The summed E-state index contributed by atoms with van der Waals surface area (Å²) in [6.07, 6.45) is 3.13. The van der Waals surface area contributed by atoms with Crippen molar-refractivity contribution >= 4 is 57.4 Å². The van der Waals surface area contributed by atoms with Gasteiger partial charge in [0.2, 0.25) is 0 Å². The van der Waals surface area contributed by atoms with Crippen molar-refractivity contribution in [2.24, 2.45) is 0 Å². The van der Waals surface area contributed by atoms with Crippen LogP contribution in [-0.2, 0) is 0 Å². The fraction of sp³-hybridized carbons (Fsp3) is 0. The van der Waals surface area contributed by atoms with Crippen LogP contribution in [0.4, 0.5) is 11.4 Å². The molecule has 5 aromatic rings. The van der Waals surface area contributed by atoms with Crippen molar-refractivity contribution in [2.75, 3.05) is 10.6 Å². The molecule has 172 valence electrons. The average molecular weight is 502 g/mol. The number of fused-ring (bicyclic) bond motifs is 1. The number of carbonyl (C=O) groups is 2. The topological polar surface area (TPSA) is 99.8 Å². The van der Waals surface area contributed by atoms with Crippen LogP contribution in [-0.4, -0.2) is 26.8 Å². The van der Waals surface area contributed by atoms with Gasteiger partial charge in [0, 0.05) is 34.4 Å². The molecule has 2 aromatic heterocycles. The Balaban J connectivity index is 1.31. The molecule has 2 heterocycles. The average Bonchev–Trinajstić information content (AvgIpc) is 3.28. The number of halogens is 2. The molecule has 3 aromatic carbocycles. The Labute approximate surface area is 210 Å². The van der Waals surface area contributed by atoms with Gasteiger partial charge >= 0.3 is 0 Å². The summed E-state index contributed by atoms with van der Waals surface area (Å²) in [5, 5.41) is 6.42. The monoisotopic (exact) mass is 501 g/mol. The molecule has 0 spiro atoms. The number of imidazole rings is 1. The summed E-state index contributed by atoms with van der Waals surface area (Å²) < 4.78 is 0. The van der Waals surface area contributed by atoms with Crippen LogP contribution < -0.4 is 10.6 Å². The Morgan fingerprint density at radius 1 is 0.829 bits per heavy atom. The highest BCUT2D eigenvalue weighted by molar-refractivity contribution is 6.37. The van der Waals surface area contributed by atoms with Gasteiger partial charge in [0.25, 0.3) is 11.8 Å². The van der Waals surface area contributed by atoms with Gasteiger partial charge < -0.3 is 15.6 Å². The number of rotatable bonds is 5. The van der Waals surface area contributed by atoms with Crippen LogP contribution in [0.2, 0.25) is 10.0 Å². The molecule has 2 amide bonds. The van der Waals surface area contributed by atoms with Crippen LogP contribution in [0.5, 0.6) is 0 Å². The van der Waals surface area contributed by atoms with Gasteiger partial charge in [-0.15, -0.1) is 0 Å². The van der Waals surface area contributed by atoms with Crippen molar-refractivity contribution < 1.29 is 9.59 Å². The Morgan fingerprint density at radius 2 is 1.60 bits per heavy atom. The highest BCUT2D eigenvalue weighted by Gasteiger charge is 2.13. The number of aromatic nitrogens is 3. The predicted octanol–water partition coefficient (Wildman–Crippen LogP) is 6.44. The largest absolute Gasteiger partial charge is 0.338 e. The van der Waals surface area contributed by atoms with Gasteiger partial charge in [-0.05, 0) is 72.8 Å². The minimum atomic E-state index is -0.338. The number of benzene rings is 3. The third-order valence-corrected chi connectivity index (χ3v) is 5.80. The number of hydrogen-bond acceptors (Lipinski definition) is 4. The molecular weight excluding hydrogens is 485 g/mol. The fourth-order valence-corrected chi connectivity index (χ4v) is 4.00. The Kier molecular flexibility index (Phi) is 6.18. The summed E-state index contributed by atoms with van der Waals surface area (Å²) in [5.74, 6) is 0.0908. The lowest BCUT2D eigenvalue weighted by atomic mass is 10.2. The Hall–Kier alpha value is -4.20. The van der Waals surface area contributed by atoms with Crippen LogP contribution in [0, 0.1) is 0 Å². The van der Waals surface area contributed by atoms with Crippen LogP contribution in [0.25, 0.3) is 22.4 Å². The number of carbonyl (C=O) groups excluding carboxylic acids is 2. The molecule has 0 aliphatic rings. The van der Waals surface area contributed by atoms with Crippen molar-refractivity contribution in [1.29, 1.82) is 0 Å². The van der Waals surface area contributed by atoms with Gasteiger partial charge in [-0.1, -0.05) is 23.2 Å². The molecule has 3 N–H and O–H groups in total. The lowest BCUT2D eigenvalue weighted by Gasteiger charge is -2.07. The quantitative estimate of drug-likeness (QED) is 0.258. The molecule has 7 nitrogen and oxygen atoms in total. The molecular formula is C26H17Cl2N5O2. The Bertz CT molecular complexity index is 1550. The van der Waals surface area contributed by atoms with Crippen molar-refractivity contribution in [3.8, 4) is 11.4 Å². The number of aromatic amines is 1. The van der Waals surface area contributed by atoms with Crippen LogP contribution in [0.3, 0.4) is 0 Å². The fourth-order valence-electron chi connectivity index (χ4n) is 3.51. The molecule has 0 atom stereocenters. The van der Waals surface area contributed by atoms with E-state index in [2.05, 4.69) is 25.6 Å². The summed E-state index contributed by atoms with van der Waals surface area (Å²) in [6.45, 7) is 0. The number of anilines is 2. The summed E-state index contributed by atoms with van der Waals surface area (Å²) in [5.41, 5.74) is 4.42. The molecule has 0 aliphatic heterocycles. The maximum absolute atomic E-state index is 12.6. The number of H-pyrrole nitrogens is 1. The summed E-state index contributed by atoms with van der Waals surface area (Å²) >= 11 is 12.0. The molecule has 0 aliphatic carbocycles. The number of nitrogens with zero attached hydrogens (tertiary/aromatic N) is 2. The molecule has 0 radical (unpaired) electrons. The lowest BCUT2D eigenvalue weighted by molar-refractivity contribution is 0.101. The van der Waals surface area contributed by atoms with Gasteiger partial charge in [-0.2, -0.15) is 0 Å². The van der Waals surface area contributed by atoms with Crippen molar-refractivity contribution in [2.45, 2.75) is 0 Å². The zero-order chi connectivity index (χ0) is 24.4. The first kappa shape index (κ1) is 22.6. The maximum Gasteiger partial charge on any atom is 0.257 e. The third kappa shape index (κ3) is 5.01. The van der Waals surface area contributed by atoms with Gasteiger partial charge in [-0.25, -0.2) is 4.98 Å². The first-order chi connectivity index (χ1) is 17.0. The zero-order valence-electron chi connectivity index (χ0n) is 18.0. The summed E-state index contributed by atoms with van der Waals surface area (Å²) in [7, 11) is 0. The number of nitrogens with one attached hydrogen (secondary N) is 3. The highest BCUT2D eigenvalue weighted by atomic mass is 35.5. The number of amides is 2. The second kappa shape index (κ2) is 9.58. The minimum Gasteiger partial charge on any atom is -0.338 e. The number of pyridine rings is 1. The van der Waals surface area contributed by atoms with Gasteiger partial charge in [0.15, 0.2) is 0 Å². The van der Waals surface area contributed by atoms with Crippen molar-refractivity contribution in [3.05, 3.63) is 106 Å². The second-order valence-electron chi connectivity index (χ2n) is 7.67. The van der Waals surface area contributed by atoms with E-state index in [4.69, 9.17) is 23.2 Å². The van der Waals surface area contributed by atoms with E-state index in [0.717, 1.165) is 16.6 Å². The normalized spacial score (nSPS) is 10.8. The zero-order valence-corrected chi connectivity index (χ0v) is 19.6. The molecule has 0 bridgehead atoms. The second-order valence-corrected chi connectivity index (χ2v) is 8.51. The first-order valence-corrected chi connectivity index (χ1v) is 11.3. The van der Waals surface area contributed by atoms with Gasteiger partial charge in [0.05, 0.1) is 27.2 Å². The first-order valence-electron chi connectivity index (χ1n) is 10.5. The minimum absolute atomic E-state index is 0.232. The van der Waals surface area contributed by atoms with Crippen molar-refractivity contribution in [1.82, 2.24) is 15.0 Å². The van der Waals surface area contributed by atoms with E-state index in [1.54, 1.807) is 54.7 Å². The Morgan fingerprint density at radius 3 is 2.34 bits per heavy atom. The van der Waals surface area contributed by atoms with Crippen LogP contribution >= 0.6 is 23.2 Å². The molecule has 35 heavy (non-hydrogen) atoms. The van der Waals surface area contributed by atoms with E-state index >= 15 is 0 Å². The third-order valence-electron chi connectivity index (χ3n) is 5.26. The van der Waals surface area contributed by atoms with E-state index in [1.165, 1.54) is 12.3 Å². The number of hydrogen-bond donors (Lipinski definition) is 3. The highest BCUT2D eigenvalue weighted by Crippen LogP contribution is 2.26. The molecule has 0 unspecified atom stereocenters. The SMILES string of the molecule is O=C(Nc1ccc(-c2nc3ccc(NC(=O)c4ccc(Cl)cc4Cl)cc3[nH]2)cc1)c1cccnc1. The summed E-state index contributed by atoms with van der Waals surface area (Å²) in [4.78, 5) is 36.8.